The molecule has 20 heavy (non-hydrogen) atoms. The highest BCUT2D eigenvalue weighted by Gasteiger charge is 2.12. The van der Waals surface area contributed by atoms with Crippen molar-refractivity contribution in [2.75, 3.05) is 0 Å². The summed E-state index contributed by atoms with van der Waals surface area (Å²) in [5.74, 6) is 0.466. The maximum absolute atomic E-state index is 4.14. The lowest BCUT2D eigenvalue weighted by molar-refractivity contribution is 0.556. The van der Waals surface area contributed by atoms with E-state index in [1.54, 1.807) is 0 Å². The fraction of sp³-hybridized carbons (Fsp3) is 0.167. The predicted octanol–water partition coefficient (Wildman–Crippen LogP) is 3.91. The maximum Gasteiger partial charge on any atom is 0.0946 e. The minimum atomic E-state index is 0.466. The molecule has 1 atom stereocenters. The molecule has 0 aliphatic heterocycles. The molecule has 0 radical (unpaired) electrons. The predicted molar refractivity (Wildman–Crippen MR) is 81.6 cm³/mol. The van der Waals surface area contributed by atoms with Gasteiger partial charge in [0.1, 0.15) is 0 Å². The molecule has 0 aliphatic carbocycles. The Bertz CT molecular complexity index is 615. The van der Waals surface area contributed by atoms with Crippen molar-refractivity contribution in [1.29, 1.82) is 0 Å². The first-order valence-corrected chi connectivity index (χ1v) is 6.96. The van der Waals surface area contributed by atoms with Gasteiger partial charge in [-0.3, -0.25) is 0 Å². The van der Waals surface area contributed by atoms with Crippen LogP contribution >= 0.6 is 0 Å². The minimum absolute atomic E-state index is 0.466. The summed E-state index contributed by atoms with van der Waals surface area (Å²) in [6.07, 6.45) is 6.80. The molecule has 0 bridgehead atoms. The number of nitrogens with zero attached hydrogens (tertiary/aromatic N) is 2. The van der Waals surface area contributed by atoms with Crippen molar-refractivity contribution in [1.82, 2.24) is 9.55 Å². The first kappa shape index (κ1) is 12.7. The van der Waals surface area contributed by atoms with E-state index in [4.69, 9.17) is 0 Å². The summed E-state index contributed by atoms with van der Waals surface area (Å²) < 4.78 is 2.15. The number of hydrogen-bond acceptors (Lipinski definition) is 1. The Balaban J connectivity index is 1.83. The van der Waals surface area contributed by atoms with Crippen molar-refractivity contribution in [3.63, 3.8) is 0 Å². The van der Waals surface area contributed by atoms with Gasteiger partial charge >= 0.3 is 0 Å². The number of hydrogen-bond donors (Lipinski definition) is 0. The second kappa shape index (κ2) is 6.20. The van der Waals surface area contributed by atoms with E-state index in [0.29, 0.717) is 5.92 Å². The molecule has 0 amide bonds. The SMILES string of the molecule is c1ccc(CC(Cn2ccnc2)c2ccccc2)cc1. The smallest absolute Gasteiger partial charge is 0.0946 e. The van der Waals surface area contributed by atoms with Crippen molar-refractivity contribution in [2.24, 2.45) is 0 Å². The van der Waals surface area contributed by atoms with Gasteiger partial charge in [-0.05, 0) is 17.5 Å². The van der Waals surface area contributed by atoms with Gasteiger partial charge in [0.05, 0.1) is 6.33 Å². The first-order valence-electron chi connectivity index (χ1n) is 6.96. The van der Waals surface area contributed by atoms with E-state index in [-0.39, 0.29) is 0 Å². The van der Waals surface area contributed by atoms with Crippen molar-refractivity contribution >= 4 is 0 Å². The zero-order valence-corrected chi connectivity index (χ0v) is 11.4. The second-order valence-electron chi connectivity index (χ2n) is 5.06. The molecule has 1 aromatic heterocycles. The summed E-state index contributed by atoms with van der Waals surface area (Å²) in [5, 5.41) is 0. The molecule has 0 saturated carbocycles. The van der Waals surface area contributed by atoms with Crippen LogP contribution in [-0.2, 0) is 13.0 Å². The molecule has 0 fully saturated rings. The highest BCUT2D eigenvalue weighted by atomic mass is 15.0. The summed E-state index contributed by atoms with van der Waals surface area (Å²) in [6.45, 7) is 0.957. The lowest BCUT2D eigenvalue weighted by Gasteiger charge is -2.18. The van der Waals surface area contributed by atoms with Gasteiger partial charge in [0, 0.05) is 24.9 Å². The van der Waals surface area contributed by atoms with Crippen LogP contribution in [0, 0.1) is 0 Å². The van der Waals surface area contributed by atoms with Gasteiger partial charge in [-0.2, -0.15) is 0 Å². The van der Waals surface area contributed by atoms with Crippen molar-refractivity contribution in [2.45, 2.75) is 18.9 Å². The average molecular weight is 262 g/mol. The molecule has 0 N–H and O–H groups in total. The molecule has 2 nitrogen and oxygen atoms in total. The van der Waals surface area contributed by atoms with Crippen LogP contribution in [0.25, 0.3) is 0 Å². The lowest BCUT2D eigenvalue weighted by atomic mass is 9.92. The van der Waals surface area contributed by atoms with Crippen molar-refractivity contribution in [3.05, 3.63) is 90.5 Å². The van der Waals surface area contributed by atoms with E-state index in [1.807, 2.05) is 18.7 Å². The Labute approximate surface area is 119 Å². The van der Waals surface area contributed by atoms with Crippen LogP contribution in [0.5, 0.6) is 0 Å². The highest BCUT2D eigenvalue weighted by molar-refractivity contribution is 5.24. The summed E-state index contributed by atoms with van der Waals surface area (Å²) in [4.78, 5) is 4.14. The van der Waals surface area contributed by atoms with Gasteiger partial charge in [0.2, 0.25) is 0 Å². The largest absolute Gasteiger partial charge is 0.337 e. The zero-order chi connectivity index (χ0) is 13.6. The van der Waals surface area contributed by atoms with Gasteiger partial charge in [-0.25, -0.2) is 4.98 Å². The third-order valence-corrected chi connectivity index (χ3v) is 3.59. The van der Waals surface area contributed by atoms with Crippen molar-refractivity contribution < 1.29 is 0 Å². The summed E-state index contributed by atoms with van der Waals surface area (Å²) in [5.41, 5.74) is 2.76. The maximum atomic E-state index is 4.14. The highest BCUT2D eigenvalue weighted by Crippen LogP contribution is 2.22. The molecular formula is C18H18N2. The Morgan fingerprint density at radius 2 is 1.60 bits per heavy atom. The molecule has 2 aromatic carbocycles. The number of aromatic nitrogens is 2. The van der Waals surface area contributed by atoms with Crippen LogP contribution in [0.2, 0.25) is 0 Å². The topological polar surface area (TPSA) is 17.8 Å². The van der Waals surface area contributed by atoms with Crippen LogP contribution in [0.3, 0.4) is 0 Å². The molecular weight excluding hydrogens is 244 g/mol. The fourth-order valence-electron chi connectivity index (χ4n) is 2.56. The van der Waals surface area contributed by atoms with Gasteiger partial charge in [0.15, 0.2) is 0 Å². The van der Waals surface area contributed by atoms with E-state index >= 15 is 0 Å². The van der Waals surface area contributed by atoms with E-state index < -0.39 is 0 Å². The molecule has 2 heteroatoms. The summed E-state index contributed by atoms with van der Waals surface area (Å²) in [6, 6.07) is 21.4. The lowest BCUT2D eigenvalue weighted by Crippen LogP contribution is -2.11. The molecule has 0 saturated heterocycles. The monoisotopic (exact) mass is 262 g/mol. The quantitative estimate of drug-likeness (QED) is 0.681. The van der Waals surface area contributed by atoms with Crippen LogP contribution in [0.15, 0.2) is 79.4 Å². The minimum Gasteiger partial charge on any atom is -0.337 e. The fourth-order valence-corrected chi connectivity index (χ4v) is 2.56. The van der Waals surface area contributed by atoms with Crippen LogP contribution in [0.4, 0.5) is 0 Å². The summed E-state index contributed by atoms with van der Waals surface area (Å²) in [7, 11) is 0. The number of rotatable bonds is 5. The second-order valence-corrected chi connectivity index (χ2v) is 5.06. The Morgan fingerprint density at radius 1 is 0.900 bits per heavy atom. The van der Waals surface area contributed by atoms with Crippen LogP contribution < -0.4 is 0 Å². The molecule has 3 rings (SSSR count). The molecule has 0 aliphatic rings. The van der Waals surface area contributed by atoms with E-state index in [9.17, 15) is 0 Å². The van der Waals surface area contributed by atoms with Gasteiger partial charge in [-0.1, -0.05) is 60.7 Å². The van der Waals surface area contributed by atoms with Gasteiger partial charge < -0.3 is 4.57 Å². The van der Waals surface area contributed by atoms with Gasteiger partial charge in [-0.15, -0.1) is 0 Å². The van der Waals surface area contributed by atoms with E-state index in [1.165, 1.54) is 11.1 Å². The first-order chi connectivity index (χ1) is 9.92. The average Bonchev–Trinajstić information content (AvgIpc) is 3.02. The Morgan fingerprint density at radius 3 is 2.25 bits per heavy atom. The van der Waals surface area contributed by atoms with E-state index in [2.05, 4.69) is 70.2 Å². The van der Waals surface area contributed by atoms with Crippen LogP contribution in [-0.4, -0.2) is 9.55 Å². The summed E-state index contributed by atoms with van der Waals surface area (Å²) >= 11 is 0. The van der Waals surface area contributed by atoms with Crippen molar-refractivity contribution in [3.8, 4) is 0 Å². The van der Waals surface area contributed by atoms with E-state index in [0.717, 1.165) is 13.0 Å². The van der Waals surface area contributed by atoms with Gasteiger partial charge in [0.25, 0.3) is 0 Å². The number of benzene rings is 2. The third-order valence-electron chi connectivity index (χ3n) is 3.59. The third kappa shape index (κ3) is 3.15. The Hall–Kier alpha value is -2.35. The molecule has 0 spiro atoms. The molecule has 1 heterocycles. The Kier molecular flexibility index (Phi) is 3.93. The molecule has 3 aromatic rings. The zero-order valence-electron chi connectivity index (χ0n) is 11.4. The standard InChI is InChI=1S/C18H18N2/c1-3-7-16(8-4-1)13-18(14-20-12-11-19-15-20)17-9-5-2-6-10-17/h1-12,15,18H,13-14H2. The van der Waals surface area contributed by atoms with Crippen LogP contribution in [0.1, 0.15) is 17.0 Å². The molecule has 100 valence electrons. The molecule has 1 unspecified atom stereocenters. The number of imidazole rings is 1. The normalized spacial score (nSPS) is 12.2.